The van der Waals surface area contributed by atoms with Crippen LogP contribution in [-0.4, -0.2) is 51.0 Å². The highest BCUT2D eigenvalue weighted by Crippen LogP contribution is 2.51. The van der Waals surface area contributed by atoms with E-state index in [4.69, 9.17) is 16.3 Å². The summed E-state index contributed by atoms with van der Waals surface area (Å²) in [5, 5.41) is 12.5. The lowest BCUT2D eigenvalue weighted by atomic mass is 9.75. The Labute approximate surface area is 189 Å². The minimum absolute atomic E-state index is 0.108. The second kappa shape index (κ2) is 9.08. The van der Waals surface area contributed by atoms with Crippen molar-refractivity contribution in [3.8, 4) is 0 Å². The van der Waals surface area contributed by atoms with Gasteiger partial charge < -0.3 is 9.84 Å². The number of fused-ring (bicyclic) bond motifs is 2. The van der Waals surface area contributed by atoms with E-state index in [0.29, 0.717) is 5.69 Å². The molecule has 2 atom stereocenters. The average Bonchev–Trinajstić information content (AvgIpc) is 2.91. The normalized spacial score (nSPS) is 26.2. The Morgan fingerprint density at radius 2 is 1.84 bits per heavy atom. The molecule has 168 valence electrons. The predicted octanol–water partition coefficient (Wildman–Crippen LogP) is 3.46. The Balaban J connectivity index is 1.49. The highest BCUT2D eigenvalue weighted by molar-refractivity contribution is 7.92. The van der Waals surface area contributed by atoms with E-state index >= 15 is 0 Å². The van der Waals surface area contributed by atoms with Gasteiger partial charge in [0.15, 0.2) is 0 Å². The van der Waals surface area contributed by atoms with Gasteiger partial charge in [0, 0.05) is 49.3 Å². The molecule has 6 nitrogen and oxygen atoms in total. The number of sulfonamides is 1. The van der Waals surface area contributed by atoms with Gasteiger partial charge in [0.1, 0.15) is 0 Å². The Morgan fingerprint density at radius 1 is 1.16 bits per heavy atom. The summed E-state index contributed by atoms with van der Waals surface area (Å²) in [5.41, 5.74) is 1.54. The lowest BCUT2D eigenvalue weighted by molar-refractivity contribution is -0.0914. The average molecular weight is 465 g/mol. The Bertz CT molecular complexity index is 998. The molecule has 0 radical (unpaired) electrons. The molecule has 0 spiro atoms. The van der Waals surface area contributed by atoms with Crippen LogP contribution in [0.15, 0.2) is 48.5 Å². The molecule has 8 heteroatoms. The van der Waals surface area contributed by atoms with Gasteiger partial charge in [-0.1, -0.05) is 35.9 Å². The Hall–Kier alpha value is -1.64. The van der Waals surface area contributed by atoms with Crippen molar-refractivity contribution in [1.82, 2.24) is 4.90 Å². The van der Waals surface area contributed by atoms with Crippen LogP contribution < -0.4 is 4.72 Å². The number of halogens is 1. The summed E-state index contributed by atoms with van der Waals surface area (Å²) in [6, 6.07) is 15.1. The maximum absolute atomic E-state index is 12.2. The van der Waals surface area contributed by atoms with Crippen LogP contribution in [0.2, 0.25) is 5.02 Å². The monoisotopic (exact) mass is 464 g/mol. The summed E-state index contributed by atoms with van der Waals surface area (Å²) in [4.78, 5) is 2.40. The fraction of sp³-hybridized carbons (Fsp3) is 0.478. The quantitative estimate of drug-likeness (QED) is 0.625. The van der Waals surface area contributed by atoms with E-state index in [2.05, 4.69) is 9.62 Å². The number of methoxy groups -OCH3 is 1. The van der Waals surface area contributed by atoms with Gasteiger partial charge >= 0.3 is 0 Å². The van der Waals surface area contributed by atoms with Crippen LogP contribution in [0.5, 0.6) is 0 Å². The number of anilines is 1. The van der Waals surface area contributed by atoms with Gasteiger partial charge in [0.05, 0.1) is 18.0 Å². The summed E-state index contributed by atoms with van der Waals surface area (Å²) in [6.07, 6.45) is 1.92. The lowest BCUT2D eigenvalue weighted by Crippen LogP contribution is -2.51. The number of hydrogen-bond acceptors (Lipinski definition) is 5. The number of piperidine rings is 1. The second-order valence-corrected chi connectivity index (χ2v) is 10.9. The van der Waals surface area contributed by atoms with Gasteiger partial charge in [-0.2, -0.15) is 0 Å². The van der Waals surface area contributed by atoms with Gasteiger partial charge in [-0.05, 0) is 48.2 Å². The van der Waals surface area contributed by atoms with Gasteiger partial charge in [0.2, 0.25) is 10.0 Å². The first-order chi connectivity index (χ1) is 14.8. The van der Waals surface area contributed by atoms with E-state index in [1.165, 1.54) is 12.7 Å². The fourth-order valence-corrected chi connectivity index (χ4v) is 6.14. The highest BCUT2D eigenvalue weighted by Gasteiger charge is 2.53. The van der Waals surface area contributed by atoms with Crippen LogP contribution in [0, 0.1) is 11.8 Å². The second-order valence-electron chi connectivity index (χ2n) is 8.61. The molecule has 1 saturated heterocycles. The molecule has 31 heavy (non-hydrogen) atoms. The molecule has 1 heterocycles. The largest absolute Gasteiger partial charge is 0.384 e. The van der Waals surface area contributed by atoms with Crippen LogP contribution in [0.4, 0.5) is 5.69 Å². The SMILES string of the molecule is COCCS(=O)(=O)Nc1cccc(C2(O)C3CCC2CN(Cc2ccc(Cl)cc2)C3)c1. The molecule has 2 N–H and O–H groups in total. The van der Waals surface area contributed by atoms with Crippen molar-refractivity contribution < 1.29 is 18.3 Å². The molecule has 4 rings (SSSR count). The number of benzene rings is 2. The molecule has 2 bridgehead atoms. The van der Waals surface area contributed by atoms with Crippen LogP contribution in [0.1, 0.15) is 24.0 Å². The molecule has 2 aliphatic rings. The summed E-state index contributed by atoms with van der Waals surface area (Å²) in [7, 11) is -2.02. The fourth-order valence-electron chi connectivity index (χ4n) is 5.04. The first kappa shape index (κ1) is 22.6. The van der Waals surface area contributed by atoms with Gasteiger partial charge in [-0.15, -0.1) is 0 Å². The molecular weight excluding hydrogens is 436 g/mol. The number of ether oxygens (including phenoxy) is 1. The molecule has 0 aromatic heterocycles. The van der Waals surface area contributed by atoms with E-state index in [9.17, 15) is 13.5 Å². The summed E-state index contributed by atoms with van der Waals surface area (Å²) >= 11 is 6.00. The summed E-state index contributed by atoms with van der Waals surface area (Å²) in [6.45, 7) is 2.57. The third-order valence-electron chi connectivity index (χ3n) is 6.54. The topological polar surface area (TPSA) is 78.9 Å². The zero-order valence-electron chi connectivity index (χ0n) is 17.6. The van der Waals surface area contributed by atoms with Crippen LogP contribution in [-0.2, 0) is 26.9 Å². The zero-order valence-corrected chi connectivity index (χ0v) is 19.2. The number of rotatable bonds is 8. The van der Waals surface area contributed by atoms with E-state index in [-0.39, 0.29) is 24.2 Å². The molecular formula is C23H29ClN2O4S. The maximum atomic E-state index is 12.2. The van der Waals surface area contributed by atoms with Crippen molar-refractivity contribution in [2.75, 3.05) is 37.3 Å². The summed E-state index contributed by atoms with van der Waals surface area (Å²) in [5.74, 6) is 0.112. The first-order valence-corrected chi connectivity index (χ1v) is 12.6. The molecule has 1 aliphatic heterocycles. The first-order valence-electron chi connectivity index (χ1n) is 10.6. The number of likely N-dealkylation sites (tertiary alicyclic amines) is 1. The standard InChI is InChI=1S/C23H29ClN2O4S/c1-30-11-12-31(28,29)25-22-4-2-3-18(13-22)23(27)19-7-8-20(23)16-26(15-19)14-17-5-9-21(24)10-6-17/h2-6,9-10,13,19-20,25,27H,7-8,11-12,14-16H2,1H3. The van der Waals surface area contributed by atoms with Crippen molar-refractivity contribution in [1.29, 1.82) is 0 Å². The van der Waals surface area contributed by atoms with E-state index in [0.717, 1.165) is 43.1 Å². The number of aliphatic hydroxyl groups is 1. The van der Waals surface area contributed by atoms with Gasteiger partial charge in [-0.3, -0.25) is 9.62 Å². The van der Waals surface area contributed by atoms with Crippen molar-refractivity contribution >= 4 is 27.3 Å². The smallest absolute Gasteiger partial charge is 0.234 e. The Kier molecular flexibility index (Phi) is 6.60. The molecule has 0 amide bonds. The lowest BCUT2D eigenvalue weighted by Gasteiger charge is -2.45. The molecule has 2 fully saturated rings. The van der Waals surface area contributed by atoms with Crippen molar-refractivity contribution in [2.24, 2.45) is 11.8 Å². The minimum Gasteiger partial charge on any atom is -0.384 e. The third kappa shape index (κ3) is 4.91. The van der Waals surface area contributed by atoms with Crippen molar-refractivity contribution in [3.05, 3.63) is 64.7 Å². The minimum atomic E-state index is -3.50. The predicted molar refractivity (Wildman–Crippen MR) is 123 cm³/mol. The number of nitrogens with one attached hydrogen (secondary N) is 1. The maximum Gasteiger partial charge on any atom is 0.234 e. The summed E-state index contributed by atoms with van der Waals surface area (Å²) < 4.78 is 32.0. The van der Waals surface area contributed by atoms with Crippen molar-refractivity contribution in [3.63, 3.8) is 0 Å². The molecule has 1 aliphatic carbocycles. The molecule has 1 saturated carbocycles. The third-order valence-corrected chi connectivity index (χ3v) is 8.04. The highest BCUT2D eigenvalue weighted by atomic mass is 35.5. The van der Waals surface area contributed by atoms with Crippen LogP contribution in [0.25, 0.3) is 0 Å². The van der Waals surface area contributed by atoms with E-state index in [1.807, 2.05) is 30.3 Å². The number of nitrogens with zero attached hydrogens (tertiary/aromatic N) is 1. The van der Waals surface area contributed by atoms with Gasteiger partial charge in [-0.25, -0.2) is 8.42 Å². The Morgan fingerprint density at radius 3 is 2.48 bits per heavy atom. The van der Waals surface area contributed by atoms with Gasteiger partial charge in [0.25, 0.3) is 0 Å². The van der Waals surface area contributed by atoms with Crippen LogP contribution >= 0.6 is 11.6 Å². The molecule has 2 unspecified atom stereocenters. The van der Waals surface area contributed by atoms with E-state index < -0.39 is 15.6 Å². The van der Waals surface area contributed by atoms with Crippen molar-refractivity contribution in [2.45, 2.75) is 25.0 Å². The number of hydrogen-bond donors (Lipinski definition) is 2. The van der Waals surface area contributed by atoms with E-state index in [1.54, 1.807) is 18.2 Å². The zero-order chi connectivity index (χ0) is 22.1. The molecule has 2 aromatic rings. The molecule has 2 aromatic carbocycles. The van der Waals surface area contributed by atoms with Crippen LogP contribution in [0.3, 0.4) is 0 Å².